The number of hydrogen-bond donors (Lipinski definition) is 1. The van der Waals surface area contributed by atoms with Gasteiger partial charge in [0, 0.05) is 17.5 Å². The predicted octanol–water partition coefficient (Wildman–Crippen LogP) is 5.43. The molecule has 2 bridgehead atoms. The second-order valence-electron chi connectivity index (χ2n) is 9.82. The van der Waals surface area contributed by atoms with Gasteiger partial charge < -0.3 is 14.8 Å². The van der Waals surface area contributed by atoms with Gasteiger partial charge in [-0.2, -0.15) is 0 Å². The van der Waals surface area contributed by atoms with Crippen LogP contribution in [0.5, 0.6) is 5.75 Å². The van der Waals surface area contributed by atoms with E-state index in [1.165, 1.54) is 6.07 Å². The van der Waals surface area contributed by atoms with E-state index in [0.717, 1.165) is 49.2 Å². The molecule has 6 rings (SSSR count). The third-order valence-electron chi connectivity index (χ3n) is 7.08. The number of piperidine rings is 3. The lowest BCUT2D eigenvalue weighted by atomic mass is 9.78. The molecule has 0 aromatic heterocycles. The van der Waals surface area contributed by atoms with E-state index in [2.05, 4.69) is 24.1 Å². The molecule has 7 heteroatoms. The van der Waals surface area contributed by atoms with Crippen molar-refractivity contribution in [3.8, 4) is 16.9 Å². The van der Waals surface area contributed by atoms with Gasteiger partial charge in [-0.1, -0.05) is 43.6 Å². The Labute approximate surface area is 192 Å². The van der Waals surface area contributed by atoms with Crippen molar-refractivity contribution >= 4 is 17.7 Å². The molecule has 2 atom stereocenters. The molecular weight excluding hydrogens is 431 g/mol. The average molecular weight is 459 g/mol. The number of carbonyl (C=O) groups is 1. The highest BCUT2D eigenvalue weighted by Crippen LogP contribution is 2.44. The number of hydrogen-bond acceptors (Lipinski definition) is 4. The van der Waals surface area contributed by atoms with Gasteiger partial charge in [-0.3, -0.25) is 4.90 Å². The van der Waals surface area contributed by atoms with Gasteiger partial charge >= 0.3 is 6.09 Å². The molecule has 3 saturated heterocycles. The highest BCUT2D eigenvalue weighted by atomic mass is 35.5. The number of carbonyl (C=O) groups excluding carboxylic acids is 1. The summed E-state index contributed by atoms with van der Waals surface area (Å²) in [6, 6.07) is 10.2. The minimum atomic E-state index is -0.447. The zero-order valence-electron chi connectivity index (χ0n) is 18.4. The summed E-state index contributed by atoms with van der Waals surface area (Å²) >= 11 is 5.96. The second-order valence-corrected chi connectivity index (χ2v) is 10.2. The minimum Gasteiger partial charge on any atom is -0.493 e. The Morgan fingerprint density at radius 1 is 1.19 bits per heavy atom. The fraction of sp³-hybridized carbons (Fsp3) is 0.480. The standard InChI is InChI=1S/C25H28ClFN2O3/c1-25(2)14-31-21-12-17(16-4-6-20(27)19(26)11-16)3-5-18(21)23(25)28-24(30)32-22-13-29-9-7-15(22)8-10-29/h3-6,11-12,15,22-23H,7-10,13-14H2,1-2H3,(H,28,30)/t22-,23?/m1/s1. The second kappa shape index (κ2) is 8.23. The first kappa shape index (κ1) is 21.5. The topological polar surface area (TPSA) is 50.8 Å². The van der Waals surface area contributed by atoms with E-state index >= 15 is 0 Å². The molecule has 32 heavy (non-hydrogen) atoms. The Hall–Kier alpha value is -2.31. The predicted molar refractivity (Wildman–Crippen MR) is 121 cm³/mol. The van der Waals surface area contributed by atoms with Gasteiger partial charge in [0.05, 0.1) is 17.7 Å². The van der Waals surface area contributed by atoms with Crippen LogP contribution >= 0.6 is 11.6 Å². The molecule has 0 radical (unpaired) electrons. The van der Waals surface area contributed by atoms with Crippen LogP contribution in [0.2, 0.25) is 5.02 Å². The summed E-state index contributed by atoms with van der Waals surface area (Å²) in [7, 11) is 0. The quantitative estimate of drug-likeness (QED) is 0.666. The van der Waals surface area contributed by atoms with E-state index in [9.17, 15) is 9.18 Å². The SMILES string of the molecule is CC1(C)COc2cc(-c3ccc(F)c(Cl)c3)ccc2C1NC(=O)O[C@@H]1CN2CCC1CC2. The molecule has 1 unspecified atom stereocenters. The first-order chi connectivity index (χ1) is 15.3. The Balaban J connectivity index is 1.36. The molecular formula is C25H28ClFN2O3. The summed E-state index contributed by atoms with van der Waals surface area (Å²) in [5.74, 6) is 0.721. The molecule has 5 nitrogen and oxygen atoms in total. The van der Waals surface area contributed by atoms with Crippen molar-refractivity contribution in [2.45, 2.75) is 38.8 Å². The number of halogens is 2. The van der Waals surface area contributed by atoms with Crippen LogP contribution in [0, 0.1) is 17.2 Å². The summed E-state index contributed by atoms with van der Waals surface area (Å²) in [5.41, 5.74) is 2.28. The lowest BCUT2D eigenvalue weighted by molar-refractivity contribution is -0.0361. The molecule has 0 aliphatic carbocycles. The maximum Gasteiger partial charge on any atom is 0.407 e. The smallest absolute Gasteiger partial charge is 0.407 e. The highest BCUT2D eigenvalue weighted by molar-refractivity contribution is 6.31. The number of nitrogens with zero attached hydrogens (tertiary/aromatic N) is 1. The zero-order valence-corrected chi connectivity index (χ0v) is 19.1. The van der Waals surface area contributed by atoms with E-state index in [1.807, 2.05) is 18.2 Å². The van der Waals surface area contributed by atoms with Gasteiger partial charge in [0.2, 0.25) is 0 Å². The Morgan fingerprint density at radius 3 is 2.59 bits per heavy atom. The lowest BCUT2D eigenvalue weighted by Gasteiger charge is -2.44. The van der Waals surface area contributed by atoms with Gasteiger partial charge in [0.15, 0.2) is 0 Å². The summed E-state index contributed by atoms with van der Waals surface area (Å²) in [6.07, 6.45) is 1.79. The monoisotopic (exact) mass is 458 g/mol. The summed E-state index contributed by atoms with van der Waals surface area (Å²) in [5, 5.41) is 3.20. The molecule has 0 spiro atoms. The van der Waals surface area contributed by atoms with E-state index in [-0.39, 0.29) is 28.7 Å². The molecule has 1 N–H and O–H groups in total. The van der Waals surface area contributed by atoms with E-state index in [1.54, 1.807) is 12.1 Å². The number of amides is 1. The van der Waals surface area contributed by atoms with E-state index in [4.69, 9.17) is 21.1 Å². The fourth-order valence-electron chi connectivity index (χ4n) is 5.13. The Kier molecular flexibility index (Phi) is 5.54. The van der Waals surface area contributed by atoms with Crippen LogP contribution in [0.4, 0.5) is 9.18 Å². The van der Waals surface area contributed by atoms with Crippen LogP contribution in [0.15, 0.2) is 36.4 Å². The number of benzene rings is 2. The molecule has 1 amide bonds. The number of rotatable bonds is 3. The summed E-state index contributed by atoms with van der Waals surface area (Å²) in [4.78, 5) is 15.2. The van der Waals surface area contributed by atoms with E-state index < -0.39 is 5.82 Å². The van der Waals surface area contributed by atoms with E-state index in [0.29, 0.717) is 18.3 Å². The molecule has 0 saturated carbocycles. The normalized spacial score (nSPS) is 27.9. The van der Waals surface area contributed by atoms with Crippen molar-refractivity contribution < 1.29 is 18.7 Å². The Morgan fingerprint density at radius 2 is 1.91 bits per heavy atom. The maximum atomic E-state index is 13.6. The summed E-state index contributed by atoms with van der Waals surface area (Å²) in [6.45, 7) is 7.64. The van der Waals surface area contributed by atoms with Crippen LogP contribution in [0.25, 0.3) is 11.1 Å². The first-order valence-electron chi connectivity index (χ1n) is 11.2. The molecule has 170 valence electrons. The third-order valence-corrected chi connectivity index (χ3v) is 7.37. The van der Waals surface area contributed by atoms with Crippen LogP contribution in [0.1, 0.15) is 38.3 Å². The highest BCUT2D eigenvalue weighted by Gasteiger charge is 2.41. The third kappa shape index (κ3) is 4.06. The van der Waals surface area contributed by atoms with Crippen molar-refractivity contribution in [2.24, 2.45) is 11.3 Å². The largest absolute Gasteiger partial charge is 0.493 e. The van der Waals surface area contributed by atoms with Gasteiger partial charge in [-0.15, -0.1) is 0 Å². The molecule has 4 aliphatic rings. The van der Waals surface area contributed by atoms with Crippen molar-refractivity contribution in [1.29, 1.82) is 0 Å². The van der Waals surface area contributed by atoms with Crippen LogP contribution in [-0.2, 0) is 4.74 Å². The van der Waals surface area contributed by atoms with Gasteiger partial charge in [0.25, 0.3) is 0 Å². The number of nitrogens with one attached hydrogen (secondary N) is 1. The number of ether oxygens (including phenoxy) is 2. The first-order valence-corrected chi connectivity index (χ1v) is 11.6. The van der Waals surface area contributed by atoms with Crippen LogP contribution in [-0.4, -0.2) is 43.3 Å². The van der Waals surface area contributed by atoms with Crippen molar-refractivity contribution in [3.05, 3.63) is 52.8 Å². The van der Waals surface area contributed by atoms with Gasteiger partial charge in [-0.25, -0.2) is 9.18 Å². The summed E-state index contributed by atoms with van der Waals surface area (Å²) < 4.78 is 25.5. The van der Waals surface area contributed by atoms with Gasteiger partial charge in [-0.05, 0) is 61.2 Å². The maximum absolute atomic E-state index is 13.6. The number of alkyl carbamates (subject to hydrolysis) is 1. The van der Waals surface area contributed by atoms with Crippen LogP contribution < -0.4 is 10.1 Å². The molecule has 3 fully saturated rings. The van der Waals surface area contributed by atoms with Crippen molar-refractivity contribution in [3.63, 3.8) is 0 Å². The molecule has 4 aliphatic heterocycles. The zero-order chi connectivity index (χ0) is 22.5. The average Bonchev–Trinajstić information content (AvgIpc) is 2.78. The fourth-order valence-corrected chi connectivity index (χ4v) is 5.31. The molecule has 2 aromatic rings. The Bertz CT molecular complexity index is 1040. The van der Waals surface area contributed by atoms with Crippen molar-refractivity contribution in [2.75, 3.05) is 26.2 Å². The van der Waals surface area contributed by atoms with Crippen molar-refractivity contribution in [1.82, 2.24) is 10.2 Å². The minimum absolute atomic E-state index is 0.0366. The number of fused-ring (bicyclic) bond motifs is 4. The van der Waals surface area contributed by atoms with Crippen LogP contribution in [0.3, 0.4) is 0 Å². The lowest BCUT2D eigenvalue weighted by Crippen LogP contribution is -2.53. The van der Waals surface area contributed by atoms with Gasteiger partial charge in [0.1, 0.15) is 17.7 Å². The molecule has 4 heterocycles. The molecule has 2 aromatic carbocycles.